The molecule has 0 unspecified atom stereocenters. The topological polar surface area (TPSA) is 40.5 Å². The highest BCUT2D eigenvalue weighted by molar-refractivity contribution is 5.91. The zero-order valence-corrected chi connectivity index (χ0v) is 19.3. The smallest absolute Gasteiger partial charge is 0.155 e. The zero-order chi connectivity index (χ0) is 20.8. The summed E-state index contributed by atoms with van der Waals surface area (Å²) in [5.41, 5.74) is 1.87. The molecule has 3 saturated carbocycles. The number of aliphatic hydroxyl groups excluding tert-OH is 1. The normalized spacial score (nSPS) is 55.2. The van der Waals surface area contributed by atoms with Crippen molar-refractivity contribution >= 4 is 5.78 Å². The standard InChI is InChI=1S/C27H41NO2/c1-16-4-7-23-17(2)25-24(28(23)14-16)13-22-20-6-5-18-12-19(30)8-10-26(18,3)21(20)9-11-27(22,25)15-29/h12,16-17,20-25,29H,4-11,13-15H2,1-3H3/t16-,17+,20-,21+,22+,23+,24+,25-,26-,27+/m0/s1. The highest BCUT2D eigenvalue weighted by atomic mass is 16.3. The Balaban J connectivity index is 1.35. The van der Waals surface area contributed by atoms with E-state index in [-0.39, 0.29) is 10.8 Å². The number of aliphatic hydroxyl groups is 1. The molecule has 3 nitrogen and oxygen atoms in total. The van der Waals surface area contributed by atoms with Crippen LogP contribution in [0.4, 0.5) is 0 Å². The van der Waals surface area contributed by atoms with E-state index in [1.54, 1.807) is 0 Å². The van der Waals surface area contributed by atoms with Crippen molar-refractivity contribution in [3.05, 3.63) is 11.6 Å². The molecule has 0 aromatic heterocycles. The average Bonchev–Trinajstić information content (AvgIpc) is 3.22. The molecule has 0 aromatic rings. The molecule has 2 aliphatic heterocycles. The molecule has 0 radical (unpaired) electrons. The second-order valence-electron chi connectivity index (χ2n) is 12.5. The van der Waals surface area contributed by atoms with Crippen molar-refractivity contribution in [2.45, 2.75) is 90.6 Å². The van der Waals surface area contributed by atoms with Crippen molar-refractivity contribution in [1.82, 2.24) is 4.90 Å². The maximum Gasteiger partial charge on any atom is 0.155 e. The van der Waals surface area contributed by atoms with Crippen LogP contribution in [0.15, 0.2) is 11.6 Å². The summed E-state index contributed by atoms with van der Waals surface area (Å²) in [5.74, 6) is 4.78. The zero-order valence-electron chi connectivity index (χ0n) is 19.3. The molecule has 4 aliphatic carbocycles. The summed E-state index contributed by atoms with van der Waals surface area (Å²) in [6, 6.07) is 1.47. The lowest BCUT2D eigenvalue weighted by atomic mass is 9.46. The summed E-state index contributed by atoms with van der Waals surface area (Å²) in [6.45, 7) is 9.13. The Morgan fingerprint density at radius 1 is 1.07 bits per heavy atom. The first-order valence-electron chi connectivity index (χ1n) is 13.0. The Bertz CT molecular complexity index is 775. The molecule has 1 N–H and O–H groups in total. The SMILES string of the molecule is C[C@H]1CC[C@@H]2[C@@H](C)[C@H]3[C@@H](C[C@@H]4[C@H]5CCC6=CC(=O)CC[C@]6(C)[C@@H]5CC[C@]34CO)N2C1. The van der Waals surface area contributed by atoms with Crippen LogP contribution >= 0.6 is 0 Å². The van der Waals surface area contributed by atoms with E-state index in [1.807, 2.05) is 6.08 Å². The molecule has 2 heterocycles. The van der Waals surface area contributed by atoms with Crippen LogP contribution in [0.5, 0.6) is 0 Å². The second kappa shape index (κ2) is 6.67. The van der Waals surface area contributed by atoms with Crippen LogP contribution in [0.3, 0.4) is 0 Å². The van der Waals surface area contributed by atoms with Gasteiger partial charge in [-0.05, 0) is 98.4 Å². The Morgan fingerprint density at radius 2 is 1.90 bits per heavy atom. The molecule has 0 spiro atoms. The van der Waals surface area contributed by atoms with Gasteiger partial charge in [0.05, 0.1) is 0 Å². The summed E-state index contributed by atoms with van der Waals surface area (Å²) >= 11 is 0. The molecule has 3 heteroatoms. The van der Waals surface area contributed by atoms with Gasteiger partial charge in [-0.3, -0.25) is 9.69 Å². The molecule has 10 atom stereocenters. The third-order valence-electron chi connectivity index (χ3n) is 11.6. The molecule has 30 heavy (non-hydrogen) atoms. The van der Waals surface area contributed by atoms with Crippen molar-refractivity contribution in [1.29, 1.82) is 0 Å². The number of rotatable bonds is 1. The molecule has 166 valence electrons. The lowest BCUT2D eigenvalue weighted by Gasteiger charge is -2.59. The van der Waals surface area contributed by atoms with Gasteiger partial charge in [0.25, 0.3) is 0 Å². The fourth-order valence-electron chi connectivity index (χ4n) is 10.3. The highest BCUT2D eigenvalue weighted by Gasteiger charge is 2.68. The maximum absolute atomic E-state index is 12.1. The fraction of sp³-hybridized carbons (Fsp3) is 0.889. The summed E-state index contributed by atoms with van der Waals surface area (Å²) < 4.78 is 0. The Labute approximate surface area is 182 Å². The largest absolute Gasteiger partial charge is 0.396 e. The van der Waals surface area contributed by atoms with Gasteiger partial charge in [0.1, 0.15) is 0 Å². The predicted molar refractivity (Wildman–Crippen MR) is 119 cm³/mol. The van der Waals surface area contributed by atoms with Crippen LogP contribution in [0.25, 0.3) is 0 Å². The van der Waals surface area contributed by atoms with Gasteiger partial charge >= 0.3 is 0 Å². The lowest BCUT2D eigenvalue weighted by Crippen LogP contribution is -2.53. The van der Waals surface area contributed by atoms with Crippen molar-refractivity contribution in [3.8, 4) is 0 Å². The maximum atomic E-state index is 12.1. The third-order valence-corrected chi connectivity index (χ3v) is 11.6. The summed E-state index contributed by atoms with van der Waals surface area (Å²) in [5, 5.41) is 10.9. The van der Waals surface area contributed by atoms with Gasteiger partial charge in [-0.15, -0.1) is 0 Å². The summed E-state index contributed by atoms with van der Waals surface area (Å²) in [7, 11) is 0. The van der Waals surface area contributed by atoms with E-state index in [0.717, 1.165) is 49.0 Å². The second-order valence-corrected chi connectivity index (χ2v) is 12.5. The van der Waals surface area contributed by atoms with Gasteiger partial charge in [-0.2, -0.15) is 0 Å². The van der Waals surface area contributed by atoms with Crippen LogP contribution in [0, 0.1) is 46.3 Å². The van der Waals surface area contributed by atoms with E-state index >= 15 is 0 Å². The first kappa shape index (κ1) is 20.0. The minimum atomic E-state index is 0.161. The van der Waals surface area contributed by atoms with E-state index in [9.17, 15) is 9.90 Å². The summed E-state index contributed by atoms with van der Waals surface area (Å²) in [6.07, 6.45) is 12.8. The van der Waals surface area contributed by atoms with Crippen LogP contribution in [-0.4, -0.2) is 41.0 Å². The molecule has 0 amide bonds. The number of hydrogen-bond donors (Lipinski definition) is 1. The number of ketones is 1. The molecule has 6 aliphatic rings. The van der Waals surface area contributed by atoms with E-state index in [2.05, 4.69) is 25.7 Å². The van der Waals surface area contributed by atoms with Gasteiger partial charge in [-0.25, -0.2) is 0 Å². The first-order chi connectivity index (χ1) is 14.4. The number of hydrogen-bond acceptors (Lipinski definition) is 3. The Hall–Kier alpha value is -0.670. The number of fused-ring (bicyclic) bond motifs is 9. The van der Waals surface area contributed by atoms with Crippen molar-refractivity contribution in [2.24, 2.45) is 46.3 Å². The number of piperidine rings is 1. The minimum Gasteiger partial charge on any atom is -0.396 e. The van der Waals surface area contributed by atoms with Crippen LogP contribution < -0.4 is 0 Å². The first-order valence-corrected chi connectivity index (χ1v) is 13.0. The molecule has 5 fully saturated rings. The Kier molecular flexibility index (Phi) is 4.44. The quantitative estimate of drug-likeness (QED) is 0.671. The van der Waals surface area contributed by atoms with Gasteiger partial charge in [0, 0.05) is 37.1 Å². The van der Waals surface area contributed by atoms with Crippen LogP contribution in [0.1, 0.15) is 78.6 Å². The lowest BCUT2D eigenvalue weighted by molar-refractivity contribution is -0.119. The van der Waals surface area contributed by atoms with Gasteiger partial charge in [0.15, 0.2) is 5.78 Å². The van der Waals surface area contributed by atoms with Crippen molar-refractivity contribution < 1.29 is 9.90 Å². The average molecular weight is 412 g/mol. The van der Waals surface area contributed by atoms with E-state index in [0.29, 0.717) is 30.3 Å². The van der Waals surface area contributed by atoms with E-state index in [1.165, 1.54) is 50.6 Å². The van der Waals surface area contributed by atoms with Gasteiger partial charge in [-0.1, -0.05) is 26.3 Å². The van der Waals surface area contributed by atoms with Crippen LogP contribution in [-0.2, 0) is 4.79 Å². The van der Waals surface area contributed by atoms with Gasteiger partial charge in [0.2, 0.25) is 0 Å². The number of allylic oxidation sites excluding steroid dienone is 1. The molecule has 0 aromatic carbocycles. The number of nitrogens with zero attached hydrogens (tertiary/aromatic N) is 1. The monoisotopic (exact) mass is 411 g/mol. The van der Waals surface area contributed by atoms with Crippen molar-refractivity contribution in [3.63, 3.8) is 0 Å². The van der Waals surface area contributed by atoms with Crippen molar-refractivity contribution in [2.75, 3.05) is 13.2 Å². The summed E-state index contributed by atoms with van der Waals surface area (Å²) in [4.78, 5) is 15.0. The highest BCUT2D eigenvalue weighted by Crippen LogP contribution is 2.70. The van der Waals surface area contributed by atoms with Crippen LogP contribution in [0.2, 0.25) is 0 Å². The number of carbonyl (C=O) groups excluding carboxylic acids is 1. The molecular formula is C27H41NO2. The fourth-order valence-corrected chi connectivity index (χ4v) is 10.3. The molecular weight excluding hydrogens is 370 g/mol. The van der Waals surface area contributed by atoms with E-state index < -0.39 is 0 Å². The third kappa shape index (κ3) is 2.43. The minimum absolute atomic E-state index is 0.161. The van der Waals surface area contributed by atoms with E-state index in [4.69, 9.17) is 0 Å². The number of carbonyl (C=O) groups is 1. The molecule has 0 bridgehead atoms. The van der Waals surface area contributed by atoms with Gasteiger partial charge < -0.3 is 5.11 Å². The predicted octanol–water partition coefficient (Wildman–Crippen LogP) is 4.84. The Morgan fingerprint density at radius 3 is 2.70 bits per heavy atom. The molecule has 2 saturated heterocycles. The molecule has 6 rings (SSSR count).